The lowest BCUT2D eigenvalue weighted by molar-refractivity contribution is -0.385. The van der Waals surface area contributed by atoms with Crippen LogP contribution in [0.4, 0.5) is 15.8 Å². The smallest absolute Gasteiger partial charge is 0.272 e. The van der Waals surface area contributed by atoms with Gasteiger partial charge < -0.3 is 10.6 Å². The molecule has 0 aromatic heterocycles. The Morgan fingerprint density at radius 1 is 1.45 bits per heavy atom. The number of anilines is 1. The Morgan fingerprint density at radius 3 is 2.80 bits per heavy atom. The van der Waals surface area contributed by atoms with Crippen LogP contribution in [0, 0.1) is 21.8 Å². The number of halogens is 1. The lowest BCUT2D eigenvalue weighted by Gasteiger charge is -2.19. The van der Waals surface area contributed by atoms with Gasteiger partial charge in [0.1, 0.15) is 0 Å². The van der Waals surface area contributed by atoms with E-state index < -0.39 is 10.7 Å². The molecule has 1 amide bonds. The van der Waals surface area contributed by atoms with Crippen LogP contribution in [0.3, 0.4) is 0 Å². The fourth-order valence-electron chi connectivity index (χ4n) is 3.06. The first-order valence-electron chi connectivity index (χ1n) is 6.55. The average molecular weight is 279 g/mol. The molecule has 2 aliphatic heterocycles. The van der Waals surface area contributed by atoms with Crippen molar-refractivity contribution in [3.63, 3.8) is 0 Å². The SMILES string of the molecule is O=C(Nc1ccc([N+](=O)[O-])cc1F)C1CC2CCC1N2. The molecular weight excluding hydrogens is 265 g/mol. The van der Waals surface area contributed by atoms with Crippen molar-refractivity contribution < 1.29 is 14.1 Å². The van der Waals surface area contributed by atoms with E-state index in [2.05, 4.69) is 10.6 Å². The predicted molar refractivity (Wildman–Crippen MR) is 69.7 cm³/mol. The van der Waals surface area contributed by atoms with Gasteiger partial charge in [-0.3, -0.25) is 14.9 Å². The van der Waals surface area contributed by atoms with E-state index in [-0.39, 0.29) is 29.2 Å². The van der Waals surface area contributed by atoms with Crippen LogP contribution >= 0.6 is 0 Å². The molecule has 7 heteroatoms. The number of carbonyl (C=O) groups excluding carboxylic acids is 1. The third kappa shape index (κ3) is 2.24. The molecule has 2 bridgehead atoms. The summed E-state index contributed by atoms with van der Waals surface area (Å²) >= 11 is 0. The van der Waals surface area contributed by atoms with Gasteiger partial charge in [0.25, 0.3) is 5.69 Å². The molecule has 3 unspecified atom stereocenters. The number of non-ortho nitro benzene ring substituents is 1. The Bertz CT molecular complexity index is 578. The number of nitro groups is 1. The quantitative estimate of drug-likeness (QED) is 0.653. The molecule has 106 valence electrons. The maximum absolute atomic E-state index is 13.7. The minimum atomic E-state index is -0.788. The molecule has 2 aliphatic rings. The van der Waals surface area contributed by atoms with Crippen molar-refractivity contribution >= 4 is 17.3 Å². The third-order valence-corrected chi connectivity index (χ3v) is 4.06. The average Bonchev–Trinajstić information content (AvgIpc) is 3.03. The van der Waals surface area contributed by atoms with Gasteiger partial charge in [0.15, 0.2) is 5.82 Å². The van der Waals surface area contributed by atoms with Crippen LogP contribution in [-0.4, -0.2) is 22.9 Å². The fraction of sp³-hybridized carbons (Fsp3) is 0.462. The van der Waals surface area contributed by atoms with Gasteiger partial charge in [0.2, 0.25) is 5.91 Å². The van der Waals surface area contributed by atoms with Crippen LogP contribution < -0.4 is 10.6 Å². The van der Waals surface area contributed by atoms with Gasteiger partial charge in [-0.25, -0.2) is 4.39 Å². The number of hydrogen-bond donors (Lipinski definition) is 2. The van der Waals surface area contributed by atoms with Crippen molar-refractivity contribution in [1.82, 2.24) is 5.32 Å². The van der Waals surface area contributed by atoms with E-state index in [0.717, 1.165) is 25.3 Å². The van der Waals surface area contributed by atoms with Crippen molar-refractivity contribution in [1.29, 1.82) is 0 Å². The number of hydrogen-bond acceptors (Lipinski definition) is 4. The van der Waals surface area contributed by atoms with Gasteiger partial charge in [-0.1, -0.05) is 0 Å². The highest BCUT2D eigenvalue weighted by molar-refractivity contribution is 5.93. The Hall–Kier alpha value is -2.02. The molecule has 2 fully saturated rings. The Balaban J connectivity index is 1.71. The molecule has 0 saturated carbocycles. The first-order chi connectivity index (χ1) is 9.54. The van der Waals surface area contributed by atoms with E-state index in [1.165, 1.54) is 12.1 Å². The summed E-state index contributed by atoms with van der Waals surface area (Å²) in [6.45, 7) is 0. The first-order valence-corrected chi connectivity index (χ1v) is 6.55. The molecule has 3 rings (SSSR count). The topological polar surface area (TPSA) is 84.3 Å². The van der Waals surface area contributed by atoms with Crippen LogP contribution in [0.2, 0.25) is 0 Å². The Morgan fingerprint density at radius 2 is 2.25 bits per heavy atom. The maximum Gasteiger partial charge on any atom is 0.272 e. The summed E-state index contributed by atoms with van der Waals surface area (Å²) in [7, 11) is 0. The highest BCUT2D eigenvalue weighted by Gasteiger charge is 2.42. The molecule has 2 saturated heterocycles. The molecule has 1 aromatic carbocycles. The Kier molecular flexibility index (Phi) is 3.13. The maximum atomic E-state index is 13.7. The van der Waals surface area contributed by atoms with E-state index in [1.54, 1.807) is 0 Å². The largest absolute Gasteiger partial charge is 0.323 e. The molecule has 0 aliphatic carbocycles. The van der Waals surface area contributed by atoms with Crippen LogP contribution in [0.5, 0.6) is 0 Å². The summed E-state index contributed by atoms with van der Waals surface area (Å²) in [6, 6.07) is 3.77. The molecule has 6 nitrogen and oxygen atoms in total. The molecule has 20 heavy (non-hydrogen) atoms. The summed E-state index contributed by atoms with van der Waals surface area (Å²) in [5.41, 5.74) is -0.342. The lowest BCUT2D eigenvalue weighted by atomic mass is 9.88. The van der Waals surface area contributed by atoms with Crippen LogP contribution in [0.25, 0.3) is 0 Å². The van der Waals surface area contributed by atoms with Crippen molar-refractivity contribution in [2.24, 2.45) is 5.92 Å². The number of nitrogens with one attached hydrogen (secondary N) is 2. The van der Waals surface area contributed by atoms with Crippen molar-refractivity contribution in [2.75, 3.05) is 5.32 Å². The zero-order chi connectivity index (χ0) is 14.3. The number of benzene rings is 1. The van der Waals surface area contributed by atoms with Gasteiger partial charge in [-0.2, -0.15) is 0 Å². The third-order valence-electron chi connectivity index (χ3n) is 4.06. The monoisotopic (exact) mass is 279 g/mol. The van der Waals surface area contributed by atoms with Crippen molar-refractivity contribution in [2.45, 2.75) is 31.3 Å². The fourth-order valence-corrected chi connectivity index (χ4v) is 3.06. The van der Waals surface area contributed by atoms with Crippen molar-refractivity contribution in [3.8, 4) is 0 Å². The highest BCUT2D eigenvalue weighted by Crippen LogP contribution is 2.34. The van der Waals surface area contributed by atoms with E-state index in [4.69, 9.17) is 0 Å². The van der Waals surface area contributed by atoms with Gasteiger partial charge in [-0.15, -0.1) is 0 Å². The van der Waals surface area contributed by atoms with Crippen molar-refractivity contribution in [3.05, 3.63) is 34.1 Å². The standard InChI is InChI=1S/C13H14FN3O3/c14-10-6-8(17(19)20)2-4-12(10)16-13(18)9-5-7-1-3-11(9)15-7/h2,4,6-7,9,11,15H,1,3,5H2,(H,16,18). The zero-order valence-corrected chi connectivity index (χ0v) is 10.6. The molecule has 2 heterocycles. The highest BCUT2D eigenvalue weighted by atomic mass is 19.1. The van der Waals surface area contributed by atoms with Gasteiger partial charge in [0, 0.05) is 18.2 Å². The molecule has 0 radical (unpaired) electrons. The number of nitrogens with zero attached hydrogens (tertiary/aromatic N) is 1. The molecule has 1 aromatic rings. The second-order valence-corrected chi connectivity index (χ2v) is 5.30. The lowest BCUT2D eigenvalue weighted by Crippen LogP contribution is -2.33. The molecule has 0 spiro atoms. The molecular formula is C13H14FN3O3. The molecule has 2 N–H and O–H groups in total. The molecule has 3 atom stereocenters. The number of fused-ring (bicyclic) bond motifs is 2. The second-order valence-electron chi connectivity index (χ2n) is 5.30. The minimum absolute atomic E-state index is 0.0108. The number of amides is 1. The summed E-state index contributed by atoms with van der Waals surface area (Å²) in [6.07, 6.45) is 2.82. The number of carbonyl (C=O) groups is 1. The van der Waals surface area contributed by atoms with E-state index in [1.807, 2.05) is 0 Å². The number of rotatable bonds is 3. The summed E-state index contributed by atoms with van der Waals surface area (Å²) in [4.78, 5) is 22.0. The zero-order valence-electron chi connectivity index (χ0n) is 10.6. The summed E-state index contributed by atoms with van der Waals surface area (Å²) in [5.74, 6) is -1.16. The number of nitro benzene ring substituents is 1. The summed E-state index contributed by atoms with van der Waals surface area (Å²) < 4.78 is 13.7. The normalized spacial score (nSPS) is 27.6. The van der Waals surface area contributed by atoms with Gasteiger partial charge in [0.05, 0.1) is 22.6 Å². The predicted octanol–water partition coefficient (Wildman–Crippen LogP) is 1.81. The minimum Gasteiger partial charge on any atom is -0.323 e. The Labute approximate surface area is 114 Å². The van der Waals surface area contributed by atoms with Crippen LogP contribution in [0.15, 0.2) is 18.2 Å². The summed E-state index contributed by atoms with van der Waals surface area (Å²) in [5, 5.41) is 16.4. The van der Waals surface area contributed by atoms with Gasteiger partial charge >= 0.3 is 0 Å². The first kappa shape index (κ1) is 13.0. The van der Waals surface area contributed by atoms with E-state index in [0.29, 0.717) is 6.04 Å². The second kappa shape index (κ2) is 4.82. The van der Waals surface area contributed by atoms with Crippen LogP contribution in [0.1, 0.15) is 19.3 Å². The van der Waals surface area contributed by atoms with E-state index in [9.17, 15) is 19.3 Å². The van der Waals surface area contributed by atoms with Crippen LogP contribution in [-0.2, 0) is 4.79 Å². The van der Waals surface area contributed by atoms with E-state index >= 15 is 0 Å². The van der Waals surface area contributed by atoms with Gasteiger partial charge in [-0.05, 0) is 25.3 Å².